The van der Waals surface area contributed by atoms with Crippen LogP contribution in [0.15, 0.2) is 11.4 Å². The number of hydrogen-bond donors (Lipinski definition) is 1. The molecule has 16 heavy (non-hydrogen) atoms. The molecule has 0 saturated heterocycles. The van der Waals surface area contributed by atoms with Gasteiger partial charge in [-0.15, -0.1) is 11.3 Å². The maximum absolute atomic E-state index is 6.41. The van der Waals surface area contributed by atoms with Crippen molar-refractivity contribution in [3.8, 4) is 0 Å². The molecule has 0 amide bonds. The van der Waals surface area contributed by atoms with Crippen molar-refractivity contribution in [2.75, 3.05) is 0 Å². The summed E-state index contributed by atoms with van der Waals surface area (Å²) in [5, 5.41) is 2.23. The summed E-state index contributed by atoms with van der Waals surface area (Å²) in [7, 11) is 0. The number of halogens is 1. The molecule has 1 nitrogen and oxygen atoms in total. The van der Waals surface area contributed by atoms with Crippen molar-refractivity contribution in [2.45, 2.75) is 39.2 Å². The molecule has 2 rings (SSSR count). The fourth-order valence-corrected chi connectivity index (χ4v) is 4.49. The lowest BCUT2D eigenvalue weighted by atomic mass is 9.73. The molecule has 0 aromatic carbocycles. The Hall–Kier alpha value is 0.390. The Morgan fingerprint density at radius 2 is 1.94 bits per heavy atom. The lowest BCUT2D eigenvalue weighted by molar-refractivity contribution is 0.193. The molecule has 1 aliphatic carbocycles. The Labute approximate surface area is 116 Å². The quantitative estimate of drug-likeness (QED) is 0.786. The van der Waals surface area contributed by atoms with Gasteiger partial charge in [0.05, 0.1) is 2.88 Å². The van der Waals surface area contributed by atoms with E-state index >= 15 is 0 Å². The van der Waals surface area contributed by atoms with E-state index in [1.165, 1.54) is 27.7 Å². The standard InChI is InChI=1S/C13H20INS/c1-8-3-9(2)5-10(4-8)13(15)11-6-12(14)16-7-11/h6-10,13H,3-5,15H2,1-2H3. The first-order valence-electron chi connectivity index (χ1n) is 6.05. The summed E-state index contributed by atoms with van der Waals surface area (Å²) in [6, 6.07) is 2.50. The maximum atomic E-state index is 6.41. The van der Waals surface area contributed by atoms with Crippen LogP contribution in [-0.4, -0.2) is 0 Å². The molecule has 1 aliphatic rings. The molecule has 3 atom stereocenters. The largest absolute Gasteiger partial charge is 0.324 e. The van der Waals surface area contributed by atoms with E-state index in [0.717, 1.165) is 11.8 Å². The highest BCUT2D eigenvalue weighted by Crippen LogP contribution is 2.39. The van der Waals surface area contributed by atoms with Gasteiger partial charge in [-0.3, -0.25) is 0 Å². The topological polar surface area (TPSA) is 26.0 Å². The van der Waals surface area contributed by atoms with Crippen LogP contribution in [0.5, 0.6) is 0 Å². The van der Waals surface area contributed by atoms with Crippen molar-refractivity contribution in [1.29, 1.82) is 0 Å². The summed E-state index contributed by atoms with van der Waals surface area (Å²) in [6.07, 6.45) is 3.99. The summed E-state index contributed by atoms with van der Waals surface area (Å²) >= 11 is 4.18. The second kappa shape index (κ2) is 5.36. The van der Waals surface area contributed by atoms with Gasteiger partial charge < -0.3 is 5.73 Å². The van der Waals surface area contributed by atoms with Crippen LogP contribution < -0.4 is 5.73 Å². The van der Waals surface area contributed by atoms with Gasteiger partial charge in [0.1, 0.15) is 0 Å². The van der Waals surface area contributed by atoms with Crippen LogP contribution in [0.2, 0.25) is 0 Å². The monoisotopic (exact) mass is 349 g/mol. The van der Waals surface area contributed by atoms with Gasteiger partial charge in [0.15, 0.2) is 0 Å². The minimum Gasteiger partial charge on any atom is -0.324 e. The molecule has 1 fully saturated rings. The van der Waals surface area contributed by atoms with Crippen molar-refractivity contribution >= 4 is 33.9 Å². The highest BCUT2D eigenvalue weighted by molar-refractivity contribution is 14.1. The SMILES string of the molecule is CC1CC(C)CC(C(N)c2csc(I)c2)C1. The predicted molar refractivity (Wildman–Crippen MR) is 79.6 cm³/mol. The van der Waals surface area contributed by atoms with Crippen LogP contribution in [0, 0.1) is 20.6 Å². The summed E-state index contributed by atoms with van der Waals surface area (Å²) in [6.45, 7) is 4.74. The van der Waals surface area contributed by atoms with E-state index in [2.05, 4.69) is 47.9 Å². The predicted octanol–water partition coefficient (Wildman–Crippen LogP) is 4.42. The minimum atomic E-state index is 0.255. The fourth-order valence-electron chi connectivity index (χ4n) is 3.07. The molecule has 1 aromatic rings. The van der Waals surface area contributed by atoms with E-state index in [1.54, 1.807) is 11.3 Å². The average molecular weight is 349 g/mol. The number of hydrogen-bond acceptors (Lipinski definition) is 2. The van der Waals surface area contributed by atoms with Crippen LogP contribution in [-0.2, 0) is 0 Å². The van der Waals surface area contributed by atoms with Gasteiger partial charge in [0.25, 0.3) is 0 Å². The van der Waals surface area contributed by atoms with Gasteiger partial charge in [-0.1, -0.05) is 13.8 Å². The molecular formula is C13H20INS. The first kappa shape index (κ1) is 12.8. The third kappa shape index (κ3) is 2.99. The van der Waals surface area contributed by atoms with Gasteiger partial charge in [0.2, 0.25) is 0 Å². The highest BCUT2D eigenvalue weighted by atomic mass is 127. The van der Waals surface area contributed by atoms with Gasteiger partial charge >= 0.3 is 0 Å². The average Bonchev–Trinajstić information content (AvgIpc) is 2.62. The van der Waals surface area contributed by atoms with Gasteiger partial charge in [-0.25, -0.2) is 0 Å². The zero-order valence-corrected chi connectivity index (χ0v) is 12.9. The van der Waals surface area contributed by atoms with E-state index in [0.29, 0.717) is 5.92 Å². The molecule has 1 saturated carbocycles. The Morgan fingerprint density at radius 1 is 1.31 bits per heavy atom. The van der Waals surface area contributed by atoms with Crippen LogP contribution in [0.1, 0.15) is 44.7 Å². The van der Waals surface area contributed by atoms with E-state index in [9.17, 15) is 0 Å². The molecule has 0 radical (unpaired) electrons. The number of thiophene rings is 1. The third-order valence-electron chi connectivity index (χ3n) is 3.70. The number of rotatable bonds is 2. The molecule has 3 heteroatoms. The Kier molecular flexibility index (Phi) is 4.30. The smallest absolute Gasteiger partial charge is 0.0656 e. The molecular weight excluding hydrogens is 329 g/mol. The zero-order chi connectivity index (χ0) is 11.7. The zero-order valence-electron chi connectivity index (χ0n) is 9.95. The number of nitrogens with two attached hydrogens (primary N) is 1. The van der Waals surface area contributed by atoms with Crippen molar-refractivity contribution in [2.24, 2.45) is 23.5 Å². The molecule has 3 unspecified atom stereocenters. The van der Waals surface area contributed by atoms with Crippen molar-refractivity contribution in [3.05, 3.63) is 19.9 Å². The minimum absolute atomic E-state index is 0.255. The third-order valence-corrected chi connectivity index (χ3v) is 5.50. The molecule has 1 heterocycles. The molecule has 2 N–H and O–H groups in total. The highest BCUT2D eigenvalue weighted by Gasteiger charge is 2.29. The van der Waals surface area contributed by atoms with E-state index in [1.807, 2.05) is 0 Å². The first-order valence-corrected chi connectivity index (χ1v) is 8.01. The van der Waals surface area contributed by atoms with Crippen molar-refractivity contribution in [1.82, 2.24) is 0 Å². The normalized spacial score (nSPS) is 32.6. The van der Waals surface area contributed by atoms with Crippen LogP contribution in [0.4, 0.5) is 0 Å². The molecule has 0 bridgehead atoms. The van der Waals surface area contributed by atoms with Gasteiger partial charge in [-0.05, 0) is 76.6 Å². The summed E-state index contributed by atoms with van der Waals surface area (Å²) < 4.78 is 1.35. The van der Waals surface area contributed by atoms with Gasteiger partial charge in [-0.2, -0.15) is 0 Å². The van der Waals surface area contributed by atoms with Gasteiger partial charge in [0, 0.05) is 6.04 Å². The Bertz CT molecular complexity index is 339. The van der Waals surface area contributed by atoms with E-state index in [-0.39, 0.29) is 6.04 Å². The molecule has 0 spiro atoms. The lowest BCUT2D eigenvalue weighted by Crippen LogP contribution is -2.29. The second-order valence-corrected chi connectivity index (χ2v) is 8.19. The van der Waals surface area contributed by atoms with Crippen LogP contribution in [0.25, 0.3) is 0 Å². The Balaban J connectivity index is 2.06. The second-order valence-electron chi connectivity index (χ2n) is 5.39. The Morgan fingerprint density at radius 3 is 2.44 bits per heavy atom. The summed E-state index contributed by atoms with van der Waals surface area (Å²) in [5.41, 5.74) is 7.76. The van der Waals surface area contributed by atoms with Crippen LogP contribution >= 0.6 is 33.9 Å². The molecule has 90 valence electrons. The molecule has 0 aliphatic heterocycles. The summed E-state index contributed by atoms with van der Waals surface area (Å²) in [4.78, 5) is 0. The van der Waals surface area contributed by atoms with Crippen molar-refractivity contribution in [3.63, 3.8) is 0 Å². The van der Waals surface area contributed by atoms with E-state index in [4.69, 9.17) is 5.73 Å². The van der Waals surface area contributed by atoms with E-state index < -0.39 is 0 Å². The summed E-state index contributed by atoms with van der Waals surface area (Å²) in [5.74, 6) is 2.37. The van der Waals surface area contributed by atoms with Crippen molar-refractivity contribution < 1.29 is 0 Å². The molecule has 1 aromatic heterocycles. The van der Waals surface area contributed by atoms with Crippen LogP contribution in [0.3, 0.4) is 0 Å². The fraction of sp³-hybridized carbons (Fsp3) is 0.692. The first-order chi connectivity index (χ1) is 7.56. The lowest BCUT2D eigenvalue weighted by Gasteiger charge is -2.34. The maximum Gasteiger partial charge on any atom is 0.0656 e.